The van der Waals surface area contributed by atoms with Gasteiger partial charge in [-0.3, -0.25) is 9.79 Å². The molecule has 1 amide bonds. The Balaban J connectivity index is 0.00000280. The highest BCUT2D eigenvalue weighted by atomic mass is 127. The zero-order valence-electron chi connectivity index (χ0n) is 16.3. The van der Waals surface area contributed by atoms with Crippen molar-refractivity contribution in [1.82, 2.24) is 20.9 Å². The molecule has 28 heavy (non-hydrogen) atoms. The average molecular weight is 497 g/mol. The Morgan fingerprint density at radius 1 is 1.25 bits per heavy atom. The first-order valence-electron chi connectivity index (χ1n) is 9.39. The summed E-state index contributed by atoms with van der Waals surface area (Å²) in [5.41, 5.74) is 2.96. The number of aliphatic imine (C=N–C) groups is 1. The lowest BCUT2D eigenvalue weighted by atomic mass is 10.1. The van der Waals surface area contributed by atoms with E-state index in [0.717, 1.165) is 30.5 Å². The van der Waals surface area contributed by atoms with E-state index in [9.17, 15) is 4.79 Å². The summed E-state index contributed by atoms with van der Waals surface area (Å²) in [7, 11) is 1.72. The number of guanidine groups is 1. The van der Waals surface area contributed by atoms with Gasteiger partial charge in [0.25, 0.3) is 0 Å². The highest BCUT2D eigenvalue weighted by molar-refractivity contribution is 14.0. The second-order valence-electron chi connectivity index (χ2n) is 6.81. The molecule has 152 valence electrons. The number of nitrogens with zero attached hydrogens (tertiary/aromatic N) is 2. The third kappa shape index (κ3) is 7.14. The number of hydrogen-bond donors (Lipinski definition) is 3. The van der Waals surface area contributed by atoms with E-state index in [0.29, 0.717) is 37.4 Å². The molecule has 8 heteroatoms. The number of carbonyl (C=O) groups is 1. The maximum absolute atomic E-state index is 11.7. The summed E-state index contributed by atoms with van der Waals surface area (Å²) in [4.78, 5) is 20.3. The summed E-state index contributed by atoms with van der Waals surface area (Å²) in [6.07, 6.45) is 5.19. The third-order valence-electron chi connectivity index (χ3n) is 4.33. The van der Waals surface area contributed by atoms with Gasteiger partial charge in [-0.2, -0.15) is 0 Å². The van der Waals surface area contributed by atoms with Crippen LogP contribution in [0.15, 0.2) is 39.9 Å². The fraction of sp³-hybridized carbons (Fsp3) is 0.450. The molecular weight excluding hydrogens is 469 g/mol. The van der Waals surface area contributed by atoms with Gasteiger partial charge in [0.2, 0.25) is 11.8 Å². The highest BCUT2D eigenvalue weighted by Crippen LogP contribution is 2.19. The third-order valence-corrected chi connectivity index (χ3v) is 4.33. The Morgan fingerprint density at radius 3 is 2.68 bits per heavy atom. The van der Waals surface area contributed by atoms with Crippen molar-refractivity contribution >= 4 is 35.8 Å². The number of benzene rings is 1. The number of aromatic nitrogens is 1. The number of rotatable bonds is 8. The summed E-state index contributed by atoms with van der Waals surface area (Å²) in [5, 5.41) is 9.41. The fourth-order valence-electron chi connectivity index (χ4n) is 2.60. The molecule has 2 aromatic rings. The van der Waals surface area contributed by atoms with E-state index in [2.05, 4.69) is 25.9 Å². The van der Waals surface area contributed by atoms with E-state index in [1.165, 1.54) is 5.56 Å². The second-order valence-corrected chi connectivity index (χ2v) is 6.81. The molecule has 1 heterocycles. The number of oxazole rings is 1. The fourth-order valence-corrected chi connectivity index (χ4v) is 2.60. The van der Waals surface area contributed by atoms with Crippen LogP contribution in [0.3, 0.4) is 0 Å². The van der Waals surface area contributed by atoms with Gasteiger partial charge in [0.05, 0.1) is 12.2 Å². The van der Waals surface area contributed by atoms with Crippen molar-refractivity contribution in [2.24, 2.45) is 4.99 Å². The lowest BCUT2D eigenvalue weighted by Gasteiger charge is -2.10. The molecule has 0 unspecified atom stereocenters. The number of aryl methyl sites for hydroxylation is 1. The minimum atomic E-state index is 0. The molecule has 1 fully saturated rings. The molecule has 0 atom stereocenters. The van der Waals surface area contributed by atoms with Gasteiger partial charge in [-0.25, -0.2) is 4.98 Å². The zero-order valence-corrected chi connectivity index (χ0v) is 18.7. The van der Waals surface area contributed by atoms with Crippen LogP contribution in [-0.4, -0.2) is 36.5 Å². The molecule has 0 radical (unpaired) electrons. The normalized spacial score (nSPS) is 13.6. The molecule has 0 spiro atoms. The van der Waals surface area contributed by atoms with Gasteiger partial charge in [-0.15, -0.1) is 24.0 Å². The molecule has 3 rings (SSSR count). The van der Waals surface area contributed by atoms with Crippen LogP contribution in [0.5, 0.6) is 0 Å². The molecular formula is C20H28IN5O2. The Kier molecular flexibility index (Phi) is 8.75. The van der Waals surface area contributed by atoms with Gasteiger partial charge in [0.15, 0.2) is 5.96 Å². The van der Waals surface area contributed by atoms with Crippen LogP contribution in [0.25, 0.3) is 11.5 Å². The molecule has 0 aliphatic heterocycles. The van der Waals surface area contributed by atoms with Crippen LogP contribution >= 0.6 is 24.0 Å². The highest BCUT2D eigenvalue weighted by Gasteiger charge is 2.22. The van der Waals surface area contributed by atoms with Crippen molar-refractivity contribution in [2.75, 3.05) is 13.6 Å². The smallest absolute Gasteiger partial charge is 0.226 e. The van der Waals surface area contributed by atoms with Gasteiger partial charge in [0, 0.05) is 31.6 Å². The minimum absolute atomic E-state index is 0. The minimum Gasteiger partial charge on any atom is -0.444 e. The standard InChI is InChI=1S/C20H27N5O2.HI/c1-14-5-7-15(8-6-14)19-25-17(13-27-19)12-23-20(21-2)22-11-3-4-18(26)24-16-9-10-16;/h5-8,13,16H,3-4,9-12H2,1-2H3,(H,24,26)(H2,21,22,23);1H. The predicted molar refractivity (Wildman–Crippen MR) is 121 cm³/mol. The van der Waals surface area contributed by atoms with E-state index < -0.39 is 0 Å². The zero-order chi connectivity index (χ0) is 19.1. The lowest BCUT2D eigenvalue weighted by molar-refractivity contribution is -0.121. The molecule has 0 bridgehead atoms. The van der Waals surface area contributed by atoms with Crippen molar-refractivity contribution < 1.29 is 9.21 Å². The molecule has 0 saturated heterocycles. The van der Waals surface area contributed by atoms with Crippen molar-refractivity contribution in [1.29, 1.82) is 0 Å². The van der Waals surface area contributed by atoms with Crippen LogP contribution in [0, 0.1) is 6.92 Å². The van der Waals surface area contributed by atoms with E-state index in [-0.39, 0.29) is 29.9 Å². The van der Waals surface area contributed by atoms with Gasteiger partial charge < -0.3 is 20.4 Å². The molecule has 1 aromatic heterocycles. The van der Waals surface area contributed by atoms with Crippen molar-refractivity contribution in [3.05, 3.63) is 41.8 Å². The summed E-state index contributed by atoms with van der Waals surface area (Å²) in [5.74, 6) is 1.42. The first kappa shape index (κ1) is 22.2. The van der Waals surface area contributed by atoms with Crippen molar-refractivity contribution in [2.45, 2.75) is 45.2 Å². The molecule has 1 aliphatic rings. The average Bonchev–Trinajstić information content (AvgIpc) is 3.35. The van der Waals surface area contributed by atoms with Crippen molar-refractivity contribution in [3.8, 4) is 11.5 Å². The second kappa shape index (κ2) is 11.0. The van der Waals surface area contributed by atoms with Crippen LogP contribution in [0.1, 0.15) is 36.9 Å². The first-order valence-corrected chi connectivity index (χ1v) is 9.39. The Bertz CT molecular complexity index is 784. The van der Waals surface area contributed by atoms with Crippen LogP contribution in [0.2, 0.25) is 0 Å². The van der Waals surface area contributed by atoms with E-state index >= 15 is 0 Å². The van der Waals surface area contributed by atoms with Crippen LogP contribution < -0.4 is 16.0 Å². The van der Waals surface area contributed by atoms with Gasteiger partial charge in [-0.1, -0.05) is 17.7 Å². The molecule has 7 nitrogen and oxygen atoms in total. The Labute approximate surface area is 182 Å². The van der Waals surface area contributed by atoms with E-state index in [1.807, 2.05) is 31.2 Å². The number of carbonyl (C=O) groups excluding carboxylic acids is 1. The molecule has 1 saturated carbocycles. The monoisotopic (exact) mass is 497 g/mol. The predicted octanol–water partition coefficient (Wildman–Crippen LogP) is 2.99. The molecule has 1 aromatic carbocycles. The lowest BCUT2D eigenvalue weighted by Crippen LogP contribution is -2.37. The van der Waals surface area contributed by atoms with E-state index in [1.54, 1.807) is 13.3 Å². The van der Waals surface area contributed by atoms with Gasteiger partial charge in [-0.05, 0) is 38.3 Å². The first-order chi connectivity index (χ1) is 13.1. The summed E-state index contributed by atoms with van der Waals surface area (Å²) >= 11 is 0. The number of amides is 1. The van der Waals surface area contributed by atoms with Crippen LogP contribution in [-0.2, 0) is 11.3 Å². The molecule has 3 N–H and O–H groups in total. The number of halogens is 1. The maximum Gasteiger partial charge on any atom is 0.226 e. The number of nitrogens with one attached hydrogen (secondary N) is 3. The Hall–Kier alpha value is -2.10. The van der Waals surface area contributed by atoms with Crippen molar-refractivity contribution in [3.63, 3.8) is 0 Å². The topological polar surface area (TPSA) is 91.5 Å². The number of hydrogen-bond acceptors (Lipinski definition) is 4. The van der Waals surface area contributed by atoms with Gasteiger partial charge >= 0.3 is 0 Å². The quantitative estimate of drug-likeness (QED) is 0.226. The summed E-state index contributed by atoms with van der Waals surface area (Å²) in [6.45, 7) is 3.25. The van der Waals surface area contributed by atoms with E-state index in [4.69, 9.17) is 4.42 Å². The largest absolute Gasteiger partial charge is 0.444 e. The van der Waals surface area contributed by atoms with Crippen LogP contribution in [0.4, 0.5) is 0 Å². The summed E-state index contributed by atoms with van der Waals surface area (Å²) in [6, 6.07) is 8.49. The summed E-state index contributed by atoms with van der Waals surface area (Å²) < 4.78 is 5.56. The van der Waals surface area contributed by atoms with Gasteiger partial charge in [0.1, 0.15) is 6.26 Å². The molecule has 1 aliphatic carbocycles. The Morgan fingerprint density at radius 2 is 2.00 bits per heavy atom. The maximum atomic E-state index is 11.7. The SMILES string of the molecule is CN=C(NCCCC(=O)NC1CC1)NCc1coc(-c2ccc(C)cc2)n1.I.